The van der Waals surface area contributed by atoms with Crippen molar-refractivity contribution in [3.8, 4) is 5.75 Å². The van der Waals surface area contributed by atoms with E-state index in [1.807, 2.05) is 13.8 Å². The number of H-pyrrole nitrogens is 1. The number of ether oxygens (including phenoxy) is 1. The molecule has 0 fully saturated rings. The van der Waals surface area contributed by atoms with Gasteiger partial charge in [0.25, 0.3) is 5.91 Å². The molecule has 4 N–H and O–H groups in total. The second kappa shape index (κ2) is 8.41. The first-order chi connectivity index (χ1) is 10.1. The van der Waals surface area contributed by atoms with Gasteiger partial charge in [-0.3, -0.25) is 9.89 Å². The first-order valence-electron chi connectivity index (χ1n) is 6.89. The van der Waals surface area contributed by atoms with Crippen molar-refractivity contribution in [1.82, 2.24) is 10.2 Å². The van der Waals surface area contributed by atoms with Crippen LogP contribution < -0.4 is 15.8 Å². The molecule has 0 aliphatic rings. The number of benzene rings is 1. The number of nitrogens with two attached hydrogens (primary N) is 1. The molecule has 0 aliphatic carbocycles. The molecule has 1 heterocycles. The summed E-state index contributed by atoms with van der Waals surface area (Å²) in [7, 11) is 0. The van der Waals surface area contributed by atoms with Crippen molar-refractivity contribution in [2.45, 2.75) is 19.8 Å². The summed E-state index contributed by atoms with van der Waals surface area (Å²) in [5.41, 5.74) is 7.37. The van der Waals surface area contributed by atoms with Gasteiger partial charge in [-0.1, -0.05) is 13.8 Å². The molecule has 1 aromatic carbocycles. The van der Waals surface area contributed by atoms with Crippen LogP contribution in [0.4, 0.5) is 5.69 Å². The van der Waals surface area contributed by atoms with E-state index in [4.69, 9.17) is 10.5 Å². The number of hydrogen-bond donors (Lipinski definition) is 3. The van der Waals surface area contributed by atoms with E-state index in [1.54, 1.807) is 30.3 Å². The SMILES string of the molecule is CC(C)c1cc(C(=O)Nc2ccc(OCCN)cc2)n[nH]1.Cl. The third-order valence-corrected chi connectivity index (χ3v) is 2.95. The quantitative estimate of drug-likeness (QED) is 0.761. The van der Waals surface area contributed by atoms with Crippen LogP contribution in [0.3, 0.4) is 0 Å². The molecular formula is C15H21ClN4O2. The average molecular weight is 325 g/mol. The van der Waals surface area contributed by atoms with Crippen molar-refractivity contribution in [2.24, 2.45) is 5.73 Å². The lowest BCUT2D eigenvalue weighted by molar-refractivity contribution is 0.102. The van der Waals surface area contributed by atoms with E-state index < -0.39 is 0 Å². The van der Waals surface area contributed by atoms with Crippen LogP contribution in [-0.4, -0.2) is 29.3 Å². The van der Waals surface area contributed by atoms with Crippen LogP contribution >= 0.6 is 12.4 Å². The molecule has 22 heavy (non-hydrogen) atoms. The summed E-state index contributed by atoms with van der Waals surface area (Å²) in [4.78, 5) is 12.1. The van der Waals surface area contributed by atoms with Crippen LogP contribution in [0.15, 0.2) is 30.3 Å². The Balaban J connectivity index is 0.00000242. The second-order valence-electron chi connectivity index (χ2n) is 4.98. The predicted octanol–water partition coefficient (Wildman–Crippen LogP) is 2.54. The summed E-state index contributed by atoms with van der Waals surface area (Å²) in [6, 6.07) is 8.89. The van der Waals surface area contributed by atoms with Crippen LogP contribution in [0, 0.1) is 0 Å². The summed E-state index contributed by atoms with van der Waals surface area (Å²) in [6.07, 6.45) is 0. The van der Waals surface area contributed by atoms with Crippen molar-refractivity contribution in [1.29, 1.82) is 0 Å². The fourth-order valence-corrected chi connectivity index (χ4v) is 1.76. The first kappa shape index (κ1) is 18.0. The molecule has 0 saturated carbocycles. The summed E-state index contributed by atoms with van der Waals surface area (Å²) in [5.74, 6) is 0.784. The number of halogens is 1. The van der Waals surface area contributed by atoms with Gasteiger partial charge in [-0.25, -0.2) is 0 Å². The van der Waals surface area contributed by atoms with Crippen LogP contribution in [0.2, 0.25) is 0 Å². The minimum absolute atomic E-state index is 0. The van der Waals surface area contributed by atoms with Gasteiger partial charge < -0.3 is 15.8 Å². The number of carbonyl (C=O) groups is 1. The Morgan fingerprint density at radius 1 is 1.36 bits per heavy atom. The maximum Gasteiger partial charge on any atom is 0.276 e. The van der Waals surface area contributed by atoms with Gasteiger partial charge in [0.05, 0.1) is 0 Å². The topological polar surface area (TPSA) is 93.0 Å². The first-order valence-corrected chi connectivity index (χ1v) is 6.89. The molecule has 0 radical (unpaired) electrons. The third-order valence-electron chi connectivity index (χ3n) is 2.95. The Hall–Kier alpha value is -2.05. The van der Waals surface area contributed by atoms with Gasteiger partial charge in [-0.15, -0.1) is 12.4 Å². The highest BCUT2D eigenvalue weighted by atomic mass is 35.5. The van der Waals surface area contributed by atoms with E-state index >= 15 is 0 Å². The summed E-state index contributed by atoms with van der Waals surface area (Å²) >= 11 is 0. The van der Waals surface area contributed by atoms with E-state index in [-0.39, 0.29) is 18.3 Å². The van der Waals surface area contributed by atoms with Crippen molar-refractivity contribution in [2.75, 3.05) is 18.5 Å². The van der Waals surface area contributed by atoms with Gasteiger partial charge in [0.15, 0.2) is 5.69 Å². The van der Waals surface area contributed by atoms with Crippen LogP contribution in [0.1, 0.15) is 35.9 Å². The highest BCUT2D eigenvalue weighted by Crippen LogP contribution is 2.17. The van der Waals surface area contributed by atoms with Crippen molar-refractivity contribution < 1.29 is 9.53 Å². The Labute approximate surface area is 135 Å². The summed E-state index contributed by atoms with van der Waals surface area (Å²) < 4.78 is 5.37. The second-order valence-corrected chi connectivity index (χ2v) is 4.98. The zero-order chi connectivity index (χ0) is 15.2. The maximum atomic E-state index is 12.1. The minimum atomic E-state index is -0.242. The molecule has 0 saturated heterocycles. The van der Waals surface area contributed by atoms with Crippen molar-refractivity contribution >= 4 is 24.0 Å². The molecule has 1 amide bonds. The lowest BCUT2D eigenvalue weighted by Gasteiger charge is -2.06. The predicted molar refractivity (Wildman–Crippen MR) is 88.9 cm³/mol. The number of nitrogens with zero attached hydrogens (tertiary/aromatic N) is 1. The Bertz CT molecular complexity index is 596. The van der Waals surface area contributed by atoms with Gasteiger partial charge >= 0.3 is 0 Å². The zero-order valence-corrected chi connectivity index (χ0v) is 13.4. The van der Waals surface area contributed by atoms with Gasteiger partial charge in [0, 0.05) is 17.9 Å². The number of rotatable bonds is 6. The Morgan fingerprint density at radius 3 is 2.59 bits per heavy atom. The molecule has 1 aromatic heterocycles. The zero-order valence-electron chi connectivity index (χ0n) is 12.6. The highest BCUT2D eigenvalue weighted by molar-refractivity contribution is 6.02. The van der Waals surface area contributed by atoms with E-state index in [0.29, 0.717) is 30.5 Å². The highest BCUT2D eigenvalue weighted by Gasteiger charge is 2.12. The fourth-order valence-electron chi connectivity index (χ4n) is 1.76. The number of hydrogen-bond acceptors (Lipinski definition) is 4. The van der Waals surface area contributed by atoms with Gasteiger partial charge in [0.2, 0.25) is 0 Å². The molecule has 0 aliphatic heterocycles. The monoisotopic (exact) mass is 324 g/mol. The van der Waals surface area contributed by atoms with Crippen molar-refractivity contribution in [3.63, 3.8) is 0 Å². The molecule has 0 unspecified atom stereocenters. The lowest BCUT2D eigenvalue weighted by Crippen LogP contribution is -2.12. The van der Waals surface area contributed by atoms with Crippen molar-refractivity contribution in [3.05, 3.63) is 41.7 Å². The Kier molecular flexibility index (Phi) is 6.88. The average Bonchev–Trinajstić information content (AvgIpc) is 2.97. The lowest BCUT2D eigenvalue weighted by atomic mass is 10.1. The molecule has 2 rings (SSSR count). The standard InChI is InChI=1S/C15H20N4O2.ClH/c1-10(2)13-9-14(19-18-13)15(20)17-11-3-5-12(6-4-11)21-8-7-16;/h3-6,9-10H,7-8,16H2,1-2H3,(H,17,20)(H,18,19);1H. The minimum Gasteiger partial charge on any atom is -0.492 e. The number of aromatic amines is 1. The number of nitrogens with one attached hydrogen (secondary N) is 2. The van der Waals surface area contributed by atoms with E-state index in [1.165, 1.54) is 0 Å². The van der Waals surface area contributed by atoms with Crippen LogP contribution in [0.5, 0.6) is 5.75 Å². The molecule has 120 valence electrons. The number of amides is 1. The van der Waals surface area contributed by atoms with Crippen LogP contribution in [-0.2, 0) is 0 Å². The molecule has 0 atom stereocenters. The summed E-state index contributed by atoms with van der Waals surface area (Å²) in [5, 5.41) is 9.67. The number of carbonyl (C=O) groups excluding carboxylic acids is 1. The largest absolute Gasteiger partial charge is 0.492 e. The molecule has 6 nitrogen and oxygen atoms in total. The van der Waals surface area contributed by atoms with Gasteiger partial charge in [-0.2, -0.15) is 5.10 Å². The fraction of sp³-hybridized carbons (Fsp3) is 0.333. The van der Waals surface area contributed by atoms with E-state index in [2.05, 4.69) is 15.5 Å². The molecule has 7 heteroatoms. The number of anilines is 1. The molecular weight excluding hydrogens is 304 g/mol. The summed E-state index contributed by atoms with van der Waals surface area (Å²) in [6.45, 7) is 5.01. The number of aromatic nitrogens is 2. The molecule has 0 bridgehead atoms. The van der Waals surface area contributed by atoms with Gasteiger partial charge in [-0.05, 0) is 36.2 Å². The molecule has 0 spiro atoms. The van der Waals surface area contributed by atoms with Crippen LogP contribution in [0.25, 0.3) is 0 Å². The normalized spacial score (nSPS) is 10.2. The third kappa shape index (κ3) is 4.75. The molecule has 2 aromatic rings. The maximum absolute atomic E-state index is 12.1. The van der Waals surface area contributed by atoms with E-state index in [0.717, 1.165) is 11.4 Å². The van der Waals surface area contributed by atoms with Gasteiger partial charge in [0.1, 0.15) is 12.4 Å². The smallest absolute Gasteiger partial charge is 0.276 e. The van der Waals surface area contributed by atoms with E-state index in [9.17, 15) is 4.79 Å². The Morgan fingerprint density at radius 2 is 2.05 bits per heavy atom.